The van der Waals surface area contributed by atoms with E-state index in [1.54, 1.807) is 49.4 Å². The van der Waals surface area contributed by atoms with Crippen LogP contribution >= 0.6 is 0 Å². The van der Waals surface area contributed by atoms with Crippen LogP contribution in [0.5, 0.6) is 0 Å². The van der Waals surface area contributed by atoms with Crippen LogP contribution in [0.4, 0.5) is 10.1 Å². The summed E-state index contributed by atoms with van der Waals surface area (Å²) in [6, 6.07) is 18.5. The zero-order valence-corrected chi connectivity index (χ0v) is 24.5. The maximum absolute atomic E-state index is 14.7. The molecule has 0 heterocycles. The summed E-state index contributed by atoms with van der Waals surface area (Å²) in [7, 11) is -4.17. The quantitative estimate of drug-likeness (QED) is 0.331. The van der Waals surface area contributed by atoms with Crippen LogP contribution in [0.2, 0.25) is 0 Å². The minimum atomic E-state index is -4.17. The van der Waals surface area contributed by atoms with Crippen LogP contribution in [0, 0.1) is 18.7 Å². The number of anilines is 1. The van der Waals surface area contributed by atoms with E-state index < -0.39 is 40.2 Å². The number of hydrogen-bond donors (Lipinski definition) is 1. The predicted molar refractivity (Wildman–Crippen MR) is 156 cm³/mol. The van der Waals surface area contributed by atoms with E-state index >= 15 is 0 Å². The fourth-order valence-corrected chi connectivity index (χ4v) is 5.70. The van der Waals surface area contributed by atoms with Crippen LogP contribution in [0.15, 0.2) is 77.7 Å². The maximum atomic E-state index is 14.7. The third-order valence-electron chi connectivity index (χ3n) is 6.68. The van der Waals surface area contributed by atoms with E-state index in [-0.39, 0.29) is 22.9 Å². The van der Waals surface area contributed by atoms with Crippen molar-refractivity contribution in [1.82, 2.24) is 10.2 Å². The number of aryl methyl sites for hydroxylation is 2. The third-order valence-corrected chi connectivity index (χ3v) is 8.45. The monoisotopic (exact) mass is 567 g/mol. The standard InChI is InChI=1S/C31H38FN3O4S/c1-6-25-11-8-10-14-29(25)35(40(38,39)27-17-15-23(4)16-18-27)21-30(36)34(20-26-12-7-9-13-28(26)32)24(5)31(37)33-19-22(2)3/h7-18,22,24H,6,19-21H2,1-5H3,(H,33,37)/t24-/m1/s1. The van der Waals surface area contributed by atoms with Crippen LogP contribution in [0.1, 0.15) is 44.4 Å². The number of nitrogens with zero attached hydrogens (tertiary/aromatic N) is 2. The summed E-state index contributed by atoms with van der Waals surface area (Å²) >= 11 is 0. The Balaban J connectivity index is 2.06. The van der Waals surface area contributed by atoms with Gasteiger partial charge in [-0.25, -0.2) is 12.8 Å². The van der Waals surface area contributed by atoms with Gasteiger partial charge in [0.25, 0.3) is 10.0 Å². The highest BCUT2D eigenvalue weighted by molar-refractivity contribution is 7.92. The molecule has 3 aromatic carbocycles. The molecule has 3 rings (SSSR count). The Bertz CT molecular complexity index is 1420. The Morgan fingerprint density at radius 2 is 1.50 bits per heavy atom. The molecule has 1 N–H and O–H groups in total. The minimum Gasteiger partial charge on any atom is -0.354 e. The van der Waals surface area contributed by atoms with Crippen LogP contribution in [0.25, 0.3) is 0 Å². The Labute approximate surface area is 237 Å². The molecule has 0 aliphatic carbocycles. The lowest BCUT2D eigenvalue weighted by atomic mass is 10.1. The summed E-state index contributed by atoms with van der Waals surface area (Å²) in [5.41, 5.74) is 2.24. The van der Waals surface area contributed by atoms with Gasteiger partial charge in [-0.3, -0.25) is 13.9 Å². The fourth-order valence-electron chi connectivity index (χ4n) is 4.25. The lowest BCUT2D eigenvalue weighted by Gasteiger charge is -2.32. The Hall–Kier alpha value is -3.72. The zero-order chi connectivity index (χ0) is 29.4. The van der Waals surface area contributed by atoms with Crippen molar-refractivity contribution in [3.05, 3.63) is 95.3 Å². The summed E-state index contributed by atoms with van der Waals surface area (Å²) in [4.78, 5) is 28.3. The van der Waals surface area contributed by atoms with Gasteiger partial charge in [-0.15, -0.1) is 0 Å². The first-order valence-corrected chi connectivity index (χ1v) is 14.9. The van der Waals surface area contributed by atoms with Gasteiger partial charge in [-0.1, -0.05) is 74.9 Å². The van der Waals surface area contributed by atoms with Crippen LogP contribution in [-0.2, 0) is 32.6 Å². The second-order valence-corrected chi connectivity index (χ2v) is 12.1. The third kappa shape index (κ3) is 7.47. The first-order chi connectivity index (χ1) is 18.9. The number of benzene rings is 3. The number of rotatable bonds is 12. The smallest absolute Gasteiger partial charge is 0.264 e. The number of carbonyl (C=O) groups is 2. The van der Waals surface area contributed by atoms with Crippen molar-refractivity contribution < 1.29 is 22.4 Å². The lowest BCUT2D eigenvalue weighted by molar-refractivity contribution is -0.139. The molecule has 40 heavy (non-hydrogen) atoms. The molecule has 2 amide bonds. The number of carbonyl (C=O) groups excluding carboxylic acids is 2. The van der Waals surface area contributed by atoms with Gasteiger partial charge in [-0.2, -0.15) is 0 Å². The summed E-state index contributed by atoms with van der Waals surface area (Å²) in [5, 5.41) is 2.82. The van der Waals surface area contributed by atoms with Crippen molar-refractivity contribution >= 4 is 27.5 Å². The van der Waals surface area contributed by atoms with Gasteiger partial charge in [0, 0.05) is 18.7 Å². The summed E-state index contributed by atoms with van der Waals surface area (Å²) < 4.78 is 43.7. The van der Waals surface area contributed by atoms with Crippen LogP contribution in [-0.4, -0.2) is 44.3 Å². The molecule has 9 heteroatoms. The van der Waals surface area contributed by atoms with E-state index in [0.717, 1.165) is 15.4 Å². The van der Waals surface area contributed by atoms with Gasteiger partial charge >= 0.3 is 0 Å². The first kappa shape index (κ1) is 30.8. The largest absolute Gasteiger partial charge is 0.354 e. The van der Waals surface area contributed by atoms with Gasteiger partial charge < -0.3 is 10.2 Å². The van der Waals surface area contributed by atoms with E-state index in [9.17, 15) is 22.4 Å². The number of sulfonamides is 1. The van der Waals surface area contributed by atoms with Crippen molar-refractivity contribution in [3.8, 4) is 0 Å². The summed E-state index contributed by atoms with van der Waals surface area (Å²) in [6.07, 6.45) is 0.539. The molecule has 3 aromatic rings. The molecule has 0 saturated carbocycles. The number of hydrogen-bond acceptors (Lipinski definition) is 4. The highest BCUT2D eigenvalue weighted by Crippen LogP contribution is 2.28. The van der Waals surface area contributed by atoms with E-state index in [4.69, 9.17) is 0 Å². The van der Waals surface area contributed by atoms with Gasteiger partial charge in [0.2, 0.25) is 11.8 Å². The van der Waals surface area contributed by atoms with Crippen molar-refractivity contribution in [2.45, 2.75) is 58.5 Å². The predicted octanol–water partition coefficient (Wildman–Crippen LogP) is 5.08. The molecule has 1 atom stereocenters. The Morgan fingerprint density at radius 1 is 0.900 bits per heavy atom. The molecule has 0 spiro atoms. The van der Waals surface area contributed by atoms with Crippen LogP contribution < -0.4 is 9.62 Å². The van der Waals surface area contributed by atoms with E-state index in [0.29, 0.717) is 18.7 Å². The van der Waals surface area contributed by atoms with E-state index in [1.807, 2.05) is 39.8 Å². The fraction of sp³-hybridized carbons (Fsp3) is 0.355. The summed E-state index contributed by atoms with van der Waals surface area (Å²) in [5.74, 6) is -1.36. The molecule has 7 nitrogen and oxygen atoms in total. The second-order valence-electron chi connectivity index (χ2n) is 10.2. The maximum Gasteiger partial charge on any atom is 0.264 e. The number of amides is 2. The van der Waals surface area contributed by atoms with Gasteiger partial charge in [0.1, 0.15) is 18.4 Å². The molecule has 214 valence electrons. The van der Waals surface area contributed by atoms with Crippen LogP contribution in [0.3, 0.4) is 0 Å². The number of para-hydroxylation sites is 1. The van der Waals surface area contributed by atoms with Crippen molar-refractivity contribution in [2.75, 3.05) is 17.4 Å². The average molecular weight is 568 g/mol. The molecule has 0 radical (unpaired) electrons. The minimum absolute atomic E-state index is 0.0418. The molecule has 0 unspecified atom stereocenters. The van der Waals surface area contributed by atoms with Gasteiger partial charge in [0.05, 0.1) is 10.6 Å². The highest BCUT2D eigenvalue weighted by Gasteiger charge is 2.33. The topological polar surface area (TPSA) is 86.8 Å². The SMILES string of the molecule is CCc1ccccc1N(CC(=O)N(Cc1ccccc1F)[C@H](C)C(=O)NCC(C)C)S(=O)(=O)c1ccc(C)cc1. The molecule has 0 aliphatic rings. The zero-order valence-electron chi connectivity index (χ0n) is 23.7. The normalized spacial score (nSPS) is 12.2. The van der Waals surface area contributed by atoms with E-state index in [2.05, 4.69) is 5.32 Å². The number of halogens is 1. The Kier molecular flexibility index (Phi) is 10.5. The lowest BCUT2D eigenvalue weighted by Crippen LogP contribution is -2.51. The molecular weight excluding hydrogens is 529 g/mol. The van der Waals surface area contributed by atoms with Crippen molar-refractivity contribution in [3.63, 3.8) is 0 Å². The molecular formula is C31H38FN3O4S. The molecule has 0 aromatic heterocycles. The molecule has 0 fully saturated rings. The first-order valence-electron chi connectivity index (χ1n) is 13.4. The highest BCUT2D eigenvalue weighted by atomic mass is 32.2. The Morgan fingerprint density at radius 3 is 2.10 bits per heavy atom. The number of nitrogens with one attached hydrogen (secondary N) is 1. The van der Waals surface area contributed by atoms with E-state index in [1.165, 1.54) is 23.1 Å². The average Bonchev–Trinajstić information content (AvgIpc) is 2.93. The molecule has 0 bridgehead atoms. The van der Waals surface area contributed by atoms with Gasteiger partial charge in [-0.05, 0) is 56.0 Å². The van der Waals surface area contributed by atoms with Gasteiger partial charge in [0.15, 0.2) is 0 Å². The molecule has 0 aliphatic heterocycles. The van der Waals surface area contributed by atoms with Crippen molar-refractivity contribution in [1.29, 1.82) is 0 Å². The molecule has 0 saturated heterocycles. The van der Waals surface area contributed by atoms with Crippen molar-refractivity contribution in [2.24, 2.45) is 5.92 Å². The second kappa shape index (κ2) is 13.6. The summed E-state index contributed by atoms with van der Waals surface area (Å²) in [6.45, 7) is 8.87.